The molecule has 0 saturated carbocycles. The summed E-state index contributed by atoms with van der Waals surface area (Å²) >= 11 is 0. The van der Waals surface area contributed by atoms with Gasteiger partial charge in [0.1, 0.15) is 17.9 Å². The lowest BCUT2D eigenvalue weighted by atomic mass is 10.1. The molecule has 2 rings (SSSR count). The van der Waals surface area contributed by atoms with Gasteiger partial charge in [0.2, 0.25) is 0 Å². The zero-order valence-electron chi connectivity index (χ0n) is 9.96. The summed E-state index contributed by atoms with van der Waals surface area (Å²) in [6.07, 6.45) is -0.648. The van der Waals surface area contributed by atoms with Crippen LogP contribution in [-0.4, -0.2) is 28.9 Å². The van der Waals surface area contributed by atoms with Gasteiger partial charge >= 0.3 is 5.97 Å². The van der Waals surface area contributed by atoms with E-state index in [-0.39, 0.29) is 12.2 Å². The van der Waals surface area contributed by atoms with E-state index in [9.17, 15) is 9.90 Å². The highest BCUT2D eigenvalue weighted by atomic mass is 16.5. The highest BCUT2D eigenvalue weighted by Gasteiger charge is 2.15. The van der Waals surface area contributed by atoms with Crippen LogP contribution in [0.2, 0.25) is 0 Å². The SMILES string of the molecule is CC(O)COc1c(C(=O)O)ccc2ccccc12. The van der Waals surface area contributed by atoms with Crippen LogP contribution in [0, 0.1) is 0 Å². The summed E-state index contributed by atoms with van der Waals surface area (Å²) in [6.45, 7) is 1.65. The maximum atomic E-state index is 11.2. The summed E-state index contributed by atoms with van der Waals surface area (Å²) in [4.78, 5) is 11.2. The molecule has 1 atom stereocenters. The summed E-state index contributed by atoms with van der Waals surface area (Å²) < 4.78 is 5.44. The Hall–Kier alpha value is -2.07. The van der Waals surface area contributed by atoms with Gasteiger partial charge in [0.05, 0.1) is 6.10 Å². The normalized spacial score (nSPS) is 12.3. The number of benzene rings is 2. The van der Waals surface area contributed by atoms with E-state index >= 15 is 0 Å². The summed E-state index contributed by atoms with van der Waals surface area (Å²) in [5, 5.41) is 20.0. The molecule has 4 nitrogen and oxygen atoms in total. The van der Waals surface area contributed by atoms with E-state index in [1.807, 2.05) is 18.2 Å². The molecule has 0 spiro atoms. The Kier molecular flexibility index (Phi) is 3.48. The van der Waals surface area contributed by atoms with Gasteiger partial charge in [0.15, 0.2) is 0 Å². The molecular weight excluding hydrogens is 232 g/mol. The van der Waals surface area contributed by atoms with Crippen molar-refractivity contribution in [1.29, 1.82) is 0 Å². The number of carboxylic acids is 1. The van der Waals surface area contributed by atoms with Crippen molar-refractivity contribution in [3.8, 4) is 5.75 Å². The fourth-order valence-electron chi connectivity index (χ4n) is 1.77. The van der Waals surface area contributed by atoms with Gasteiger partial charge in [0, 0.05) is 5.39 Å². The second-order valence-corrected chi connectivity index (χ2v) is 4.13. The van der Waals surface area contributed by atoms with Crippen LogP contribution in [-0.2, 0) is 0 Å². The van der Waals surface area contributed by atoms with Crippen LogP contribution in [0.3, 0.4) is 0 Å². The van der Waals surface area contributed by atoms with Crippen molar-refractivity contribution < 1.29 is 19.7 Å². The van der Waals surface area contributed by atoms with Crippen LogP contribution >= 0.6 is 0 Å². The van der Waals surface area contributed by atoms with Crippen molar-refractivity contribution in [2.45, 2.75) is 13.0 Å². The second kappa shape index (κ2) is 5.06. The Morgan fingerprint density at radius 2 is 2.00 bits per heavy atom. The van der Waals surface area contributed by atoms with Crippen LogP contribution in [0.5, 0.6) is 5.75 Å². The predicted molar refractivity (Wildman–Crippen MR) is 68.1 cm³/mol. The molecule has 0 fully saturated rings. The molecule has 2 N–H and O–H groups in total. The molecular formula is C14H14O4. The lowest BCUT2D eigenvalue weighted by Crippen LogP contribution is -2.14. The summed E-state index contributed by atoms with van der Waals surface area (Å²) in [7, 11) is 0. The third-order valence-electron chi connectivity index (χ3n) is 2.58. The number of ether oxygens (including phenoxy) is 1. The first kappa shape index (κ1) is 12.4. The number of carbonyl (C=O) groups is 1. The first-order chi connectivity index (χ1) is 8.59. The van der Waals surface area contributed by atoms with Crippen LogP contribution in [0.1, 0.15) is 17.3 Å². The standard InChI is InChI=1S/C14H14O4/c1-9(15)8-18-13-11-5-3-2-4-10(11)6-7-12(13)14(16)17/h2-7,9,15H,8H2,1H3,(H,16,17). The van der Waals surface area contributed by atoms with Crippen LogP contribution in [0.4, 0.5) is 0 Å². The van der Waals surface area contributed by atoms with Crippen molar-refractivity contribution in [3.05, 3.63) is 42.0 Å². The molecule has 0 aliphatic rings. The van der Waals surface area contributed by atoms with Gasteiger partial charge in [-0.1, -0.05) is 30.3 Å². The molecule has 2 aromatic carbocycles. The maximum Gasteiger partial charge on any atom is 0.339 e. The summed E-state index contributed by atoms with van der Waals surface area (Å²) in [6, 6.07) is 10.6. The Labute approximate surface area is 104 Å². The van der Waals surface area contributed by atoms with E-state index in [0.29, 0.717) is 5.75 Å². The number of carboxylic acid groups (broad SMARTS) is 1. The minimum atomic E-state index is -1.04. The van der Waals surface area contributed by atoms with Crippen molar-refractivity contribution >= 4 is 16.7 Å². The van der Waals surface area contributed by atoms with Crippen molar-refractivity contribution in [1.82, 2.24) is 0 Å². The molecule has 2 aromatic rings. The van der Waals surface area contributed by atoms with Crippen LogP contribution in [0.15, 0.2) is 36.4 Å². The molecule has 18 heavy (non-hydrogen) atoms. The largest absolute Gasteiger partial charge is 0.489 e. The highest BCUT2D eigenvalue weighted by molar-refractivity contribution is 6.00. The molecule has 0 bridgehead atoms. The molecule has 1 unspecified atom stereocenters. The molecule has 0 amide bonds. The fourth-order valence-corrected chi connectivity index (χ4v) is 1.77. The van der Waals surface area contributed by atoms with Gasteiger partial charge in [-0.05, 0) is 18.4 Å². The first-order valence-corrected chi connectivity index (χ1v) is 5.65. The fraction of sp³-hybridized carbons (Fsp3) is 0.214. The summed E-state index contributed by atoms with van der Waals surface area (Å²) in [5.74, 6) is -0.733. The second-order valence-electron chi connectivity index (χ2n) is 4.13. The lowest BCUT2D eigenvalue weighted by Gasteiger charge is -2.13. The molecule has 0 radical (unpaired) electrons. The minimum absolute atomic E-state index is 0.0638. The smallest absolute Gasteiger partial charge is 0.339 e. The van der Waals surface area contributed by atoms with Gasteiger partial charge in [0.25, 0.3) is 0 Å². The lowest BCUT2D eigenvalue weighted by molar-refractivity contribution is 0.0686. The van der Waals surface area contributed by atoms with Gasteiger partial charge < -0.3 is 14.9 Å². The third kappa shape index (κ3) is 2.43. The first-order valence-electron chi connectivity index (χ1n) is 5.65. The van der Waals surface area contributed by atoms with Crippen molar-refractivity contribution in [3.63, 3.8) is 0 Å². The number of rotatable bonds is 4. The maximum absolute atomic E-state index is 11.2. The van der Waals surface area contributed by atoms with E-state index in [2.05, 4.69) is 0 Å². The minimum Gasteiger partial charge on any atom is -0.489 e. The molecule has 0 saturated heterocycles. The Morgan fingerprint density at radius 1 is 1.28 bits per heavy atom. The van der Waals surface area contributed by atoms with Crippen molar-refractivity contribution in [2.75, 3.05) is 6.61 Å². The van der Waals surface area contributed by atoms with Gasteiger partial charge in [-0.3, -0.25) is 0 Å². The molecule has 4 heteroatoms. The molecule has 0 aliphatic heterocycles. The Morgan fingerprint density at radius 3 is 2.67 bits per heavy atom. The Bertz CT molecular complexity index is 575. The number of fused-ring (bicyclic) bond motifs is 1. The highest BCUT2D eigenvalue weighted by Crippen LogP contribution is 2.30. The average molecular weight is 246 g/mol. The number of hydrogen-bond donors (Lipinski definition) is 2. The summed E-state index contributed by atoms with van der Waals surface area (Å²) in [5.41, 5.74) is 0.106. The average Bonchev–Trinajstić information content (AvgIpc) is 2.35. The topological polar surface area (TPSA) is 66.8 Å². The van der Waals surface area contributed by atoms with E-state index in [0.717, 1.165) is 10.8 Å². The van der Waals surface area contributed by atoms with Gasteiger partial charge in [-0.2, -0.15) is 0 Å². The zero-order valence-corrected chi connectivity index (χ0v) is 9.96. The molecule has 94 valence electrons. The Balaban J connectivity index is 2.55. The molecule has 0 heterocycles. The van der Waals surface area contributed by atoms with Gasteiger partial charge in [-0.25, -0.2) is 4.79 Å². The predicted octanol–water partition coefficient (Wildman–Crippen LogP) is 2.30. The molecule has 0 aliphatic carbocycles. The monoisotopic (exact) mass is 246 g/mol. The number of aliphatic hydroxyl groups excluding tert-OH is 1. The quantitative estimate of drug-likeness (QED) is 0.868. The van der Waals surface area contributed by atoms with E-state index in [4.69, 9.17) is 9.84 Å². The third-order valence-corrected chi connectivity index (χ3v) is 2.58. The number of aromatic carboxylic acids is 1. The zero-order chi connectivity index (χ0) is 13.1. The number of aliphatic hydroxyl groups is 1. The van der Waals surface area contributed by atoms with Crippen LogP contribution in [0.25, 0.3) is 10.8 Å². The van der Waals surface area contributed by atoms with Gasteiger partial charge in [-0.15, -0.1) is 0 Å². The van der Waals surface area contributed by atoms with E-state index < -0.39 is 12.1 Å². The molecule has 0 aromatic heterocycles. The van der Waals surface area contributed by atoms with E-state index in [1.165, 1.54) is 6.07 Å². The van der Waals surface area contributed by atoms with E-state index in [1.54, 1.807) is 19.1 Å². The van der Waals surface area contributed by atoms with Crippen molar-refractivity contribution in [2.24, 2.45) is 0 Å². The number of hydrogen-bond acceptors (Lipinski definition) is 3. The van der Waals surface area contributed by atoms with Crippen LogP contribution < -0.4 is 4.74 Å².